The fourth-order valence-corrected chi connectivity index (χ4v) is 4.57. The summed E-state index contributed by atoms with van der Waals surface area (Å²) in [4.78, 5) is 2.85. The molecule has 1 N–H and O–H groups in total. The number of nitrogens with one attached hydrogen (secondary N) is 1. The fraction of sp³-hybridized carbons (Fsp3) is 1.00. The van der Waals surface area contributed by atoms with Gasteiger partial charge in [-0.15, -0.1) is 12.4 Å². The average Bonchev–Trinajstić information content (AvgIpc) is 2.86. The molecule has 4 unspecified atom stereocenters. The first-order valence-corrected chi connectivity index (χ1v) is 7.63. The smallest absolute Gasteiger partial charge is 0.0127 e. The molecule has 1 saturated carbocycles. The second kappa shape index (κ2) is 5.68. The number of fused-ring (bicyclic) bond motifs is 1. The minimum absolute atomic E-state index is 0. The molecule has 0 aromatic heterocycles. The van der Waals surface area contributed by atoms with Crippen LogP contribution in [0.4, 0.5) is 0 Å². The van der Waals surface area contributed by atoms with Crippen molar-refractivity contribution in [3.05, 3.63) is 0 Å². The maximum atomic E-state index is 3.54. The number of likely N-dealkylation sites (tertiary alicyclic amines) is 1. The summed E-state index contributed by atoms with van der Waals surface area (Å²) in [6, 6.07) is 0.927. The van der Waals surface area contributed by atoms with Crippen molar-refractivity contribution in [2.24, 2.45) is 17.3 Å². The second-order valence-electron chi connectivity index (χ2n) is 7.16. The predicted octanol–water partition coefficient (Wildman–Crippen LogP) is 2.92. The Morgan fingerprint density at radius 3 is 2.78 bits per heavy atom. The molecule has 2 aliphatic heterocycles. The van der Waals surface area contributed by atoms with Gasteiger partial charge in [0.15, 0.2) is 0 Å². The lowest BCUT2D eigenvalue weighted by Gasteiger charge is -2.36. The third-order valence-electron chi connectivity index (χ3n) is 5.55. The first kappa shape index (κ1) is 14.6. The van der Waals surface area contributed by atoms with Crippen molar-refractivity contribution in [1.29, 1.82) is 0 Å². The Morgan fingerprint density at radius 1 is 1.28 bits per heavy atom. The van der Waals surface area contributed by atoms with Gasteiger partial charge in [-0.1, -0.05) is 26.7 Å². The van der Waals surface area contributed by atoms with E-state index in [1.165, 1.54) is 58.3 Å². The molecule has 0 aromatic rings. The quantitative estimate of drug-likeness (QED) is 0.832. The summed E-state index contributed by atoms with van der Waals surface area (Å²) in [7, 11) is 0. The third-order valence-corrected chi connectivity index (χ3v) is 5.55. The molecular weight excluding hydrogens is 244 g/mol. The van der Waals surface area contributed by atoms with Gasteiger partial charge >= 0.3 is 0 Å². The van der Waals surface area contributed by atoms with Gasteiger partial charge in [0.2, 0.25) is 0 Å². The van der Waals surface area contributed by atoms with E-state index in [0.717, 1.165) is 17.9 Å². The molecule has 2 heterocycles. The van der Waals surface area contributed by atoms with Gasteiger partial charge in [-0.2, -0.15) is 0 Å². The lowest BCUT2D eigenvalue weighted by Crippen LogP contribution is -2.42. The Kier molecular flexibility index (Phi) is 4.61. The standard InChI is InChI=1S/C15H28N2.ClH/c1-12-9-17(11-15(2)7-8-16-10-15)14-6-4-3-5-13(12)14;/h12-14,16H,3-11H2,1-2H3;1H. The summed E-state index contributed by atoms with van der Waals surface area (Å²) in [5.41, 5.74) is 0.548. The van der Waals surface area contributed by atoms with E-state index in [9.17, 15) is 0 Å². The van der Waals surface area contributed by atoms with Crippen LogP contribution in [0.15, 0.2) is 0 Å². The molecule has 1 aliphatic carbocycles. The highest BCUT2D eigenvalue weighted by Crippen LogP contribution is 2.41. The van der Waals surface area contributed by atoms with Gasteiger partial charge in [0, 0.05) is 25.7 Å². The Balaban J connectivity index is 0.00000120. The van der Waals surface area contributed by atoms with Gasteiger partial charge in [-0.25, -0.2) is 0 Å². The van der Waals surface area contributed by atoms with Crippen molar-refractivity contribution >= 4 is 12.4 Å². The zero-order valence-electron chi connectivity index (χ0n) is 12.0. The number of nitrogens with zero attached hydrogens (tertiary/aromatic N) is 1. The summed E-state index contributed by atoms with van der Waals surface area (Å²) >= 11 is 0. The van der Waals surface area contributed by atoms with Crippen molar-refractivity contribution in [2.45, 2.75) is 52.0 Å². The first-order valence-electron chi connectivity index (χ1n) is 7.63. The van der Waals surface area contributed by atoms with Crippen LogP contribution in [0, 0.1) is 17.3 Å². The van der Waals surface area contributed by atoms with Gasteiger partial charge in [0.25, 0.3) is 0 Å². The third kappa shape index (κ3) is 2.71. The summed E-state index contributed by atoms with van der Waals surface area (Å²) in [5.74, 6) is 1.96. The molecule has 0 spiro atoms. The summed E-state index contributed by atoms with van der Waals surface area (Å²) in [5, 5.41) is 3.54. The van der Waals surface area contributed by atoms with Crippen LogP contribution in [0.1, 0.15) is 46.0 Å². The Morgan fingerprint density at radius 2 is 2.06 bits per heavy atom. The fourth-order valence-electron chi connectivity index (χ4n) is 4.57. The maximum Gasteiger partial charge on any atom is 0.0127 e. The molecule has 0 bridgehead atoms. The highest BCUT2D eigenvalue weighted by Gasteiger charge is 2.43. The number of hydrogen-bond donors (Lipinski definition) is 1. The Hall–Kier alpha value is 0.210. The summed E-state index contributed by atoms with van der Waals surface area (Å²) in [6.07, 6.45) is 7.29. The van der Waals surface area contributed by atoms with Crippen LogP contribution in [0.2, 0.25) is 0 Å². The van der Waals surface area contributed by atoms with Crippen molar-refractivity contribution in [3.8, 4) is 0 Å². The molecule has 0 radical (unpaired) electrons. The molecule has 0 amide bonds. The monoisotopic (exact) mass is 272 g/mol. The van der Waals surface area contributed by atoms with E-state index < -0.39 is 0 Å². The molecule has 3 rings (SSSR count). The van der Waals surface area contributed by atoms with E-state index in [2.05, 4.69) is 24.1 Å². The molecule has 2 saturated heterocycles. The van der Waals surface area contributed by atoms with E-state index in [1.54, 1.807) is 0 Å². The van der Waals surface area contributed by atoms with Gasteiger partial charge < -0.3 is 5.32 Å². The van der Waals surface area contributed by atoms with Crippen molar-refractivity contribution < 1.29 is 0 Å². The highest BCUT2D eigenvalue weighted by atomic mass is 35.5. The van der Waals surface area contributed by atoms with Crippen molar-refractivity contribution in [1.82, 2.24) is 10.2 Å². The SMILES string of the molecule is CC1CN(CC2(C)CCNC2)C2CCCCC12.Cl. The predicted molar refractivity (Wildman–Crippen MR) is 79.3 cm³/mol. The van der Waals surface area contributed by atoms with Gasteiger partial charge in [-0.3, -0.25) is 4.90 Å². The molecule has 3 aliphatic rings. The van der Waals surface area contributed by atoms with Crippen molar-refractivity contribution in [2.75, 3.05) is 26.2 Å². The van der Waals surface area contributed by atoms with E-state index in [0.29, 0.717) is 5.41 Å². The number of hydrogen-bond acceptors (Lipinski definition) is 2. The lowest BCUT2D eigenvalue weighted by molar-refractivity contribution is 0.128. The van der Waals surface area contributed by atoms with E-state index in [-0.39, 0.29) is 12.4 Å². The zero-order chi connectivity index (χ0) is 11.9. The average molecular weight is 273 g/mol. The van der Waals surface area contributed by atoms with Crippen LogP contribution in [0.5, 0.6) is 0 Å². The van der Waals surface area contributed by atoms with E-state index in [4.69, 9.17) is 0 Å². The normalized spacial score (nSPS) is 44.7. The molecule has 18 heavy (non-hydrogen) atoms. The van der Waals surface area contributed by atoms with Gasteiger partial charge in [0.1, 0.15) is 0 Å². The largest absolute Gasteiger partial charge is 0.316 e. The topological polar surface area (TPSA) is 15.3 Å². The maximum absolute atomic E-state index is 3.54. The molecule has 0 aromatic carbocycles. The van der Waals surface area contributed by atoms with Crippen LogP contribution in [-0.2, 0) is 0 Å². The van der Waals surface area contributed by atoms with Crippen LogP contribution in [-0.4, -0.2) is 37.1 Å². The Labute approximate surface area is 118 Å². The zero-order valence-corrected chi connectivity index (χ0v) is 12.8. The van der Waals surface area contributed by atoms with Crippen LogP contribution >= 0.6 is 12.4 Å². The summed E-state index contributed by atoms with van der Waals surface area (Å²) in [6.45, 7) is 10.1. The van der Waals surface area contributed by atoms with Crippen LogP contribution < -0.4 is 5.32 Å². The molecule has 2 nitrogen and oxygen atoms in total. The molecule has 3 heteroatoms. The molecule has 4 atom stereocenters. The molecule has 106 valence electrons. The van der Waals surface area contributed by atoms with E-state index >= 15 is 0 Å². The van der Waals surface area contributed by atoms with Crippen molar-refractivity contribution in [3.63, 3.8) is 0 Å². The second-order valence-corrected chi connectivity index (χ2v) is 7.16. The molecule has 3 fully saturated rings. The van der Waals surface area contributed by atoms with Crippen LogP contribution in [0.25, 0.3) is 0 Å². The number of rotatable bonds is 2. The minimum atomic E-state index is 0. The lowest BCUT2D eigenvalue weighted by atomic mass is 9.80. The number of halogens is 1. The van der Waals surface area contributed by atoms with Gasteiger partial charge in [-0.05, 0) is 43.1 Å². The molecular formula is C15H29ClN2. The van der Waals surface area contributed by atoms with E-state index in [1.807, 2.05) is 0 Å². The highest BCUT2D eigenvalue weighted by molar-refractivity contribution is 5.85. The summed E-state index contributed by atoms with van der Waals surface area (Å²) < 4.78 is 0. The van der Waals surface area contributed by atoms with Gasteiger partial charge in [0.05, 0.1) is 0 Å². The Bertz CT molecular complexity index is 276. The van der Waals surface area contributed by atoms with Crippen LogP contribution in [0.3, 0.4) is 0 Å². The minimum Gasteiger partial charge on any atom is -0.316 e. The first-order chi connectivity index (χ1) is 8.18.